The molecule has 1 unspecified atom stereocenters. The van der Waals surface area contributed by atoms with Crippen molar-refractivity contribution >= 4 is 39.2 Å². The molecule has 0 fully saturated rings. The lowest BCUT2D eigenvalue weighted by Crippen LogP contribution is -2.64. The molecule has 5 nitrogen and oxygen atoms in total. The van der Waals surface area contributed by atoms with E-state index >= 15 is 0 Å². The summed E-state index contributed by atoms with van der Waals surface area (Å²) in [7, 11) is 3.24. The summed E-state index contributed by atoms with van der Waals surface area (Å²) in [5.41, 5.74) is 0.794. The molecule has 1 aliphatic heterocycles. The number of carbonyl (C=O) groups excluding carboxylic acids is 1. The molecular formula is C13H15BrN2O3. The van der Waals surface area contributed by atoms with E-state index in [1.165, 1.54) is 16.7 Å². The van der Waals surface area contributed by atoms with E-state index in [2.05, 4.69) is 15.9 Å². The fraction of sp³-hybridized carbons (Fsp3) is 0.385. The molecule has 0 saturated heterocycles. The van der Waals surface area contributed by atoms with Gasteiger partial charge in [-0.1, -0.05) is 15.9 Å². The highest BCUT2D eigenvalue weighted by Crippen LogP contribution is 2.42. The second-order valence-electron chi connectivity index (χ2n) is 4.89. The molecule has 1 aliphatic rings. The maximum atomic E-state index is 12.4. The third-order valence-electron chi connectivity index (χ3n) is 3.75. The zero-order chi connectivity index (χ0) is 14.5. The minimum atomic E-state index is -1.59. The predicted molar refractivity (Wildman–Crippen MR) is 76.7 cm³/mol. The van der Waals surface area contributed by atoms with Gasteiger partial charge >= 0.3 is 5.97 Å². The normalized spacial score (nSPS) is 22.5. The number of carboxylic acid groups (broad SMARTS) is 1. The molecule has 0 aliphatic carbocycles. The zero-order valence-electron chi connectivity index (χ0n) is 11.2. The van der Waals surface area contributed by atoms with Gasteiger partial charge in [0.25, 0.3) is 5.91 Å². The number of amides is 1. The van der Waals surface area contributed by atoms with Crippen LogP contribution in [0.2, 0.25) is 0 Å². The Hall–Kier alpha value is -1.56. The maximum absolute atomic E-state index is 12.4. The van der Waals surface area contributed by atoms with Crippen LogP contribution >= 0.6 is 15.9 Å². The van der Waals surface area contributed by atoms with Gasteiger partial charge in [-0.2, -0.15) is 0 Å². The Morgan fingerprint density at radius 3 is 2.47 bits per heavy atom. The third kappa shape index (κ3) is 1.74. The quantitative estimate of drug-likeness (QED) is 0.802. The van der Waals surface area contributed by atoms with Crippen molar-refractivity contribution in [3.63, 3.8) is 0 Å². The van der Waals surface area contributed by atoms with Crippen molar-refractivity contribution in [1.29, 1.82) is 0 Å². The molecule has 0 saturated carbocycles. The molecule has 6 heteroatoms. The SMILES string of the molecule is Cc1cc(Br)cc2c1N(C)C(=O)C(C)(C(=O)O)N2C. The molecule has 0 radical (unpaired) electrons. The molecule has 1 atom stereocenters. The lowest BCUT2D eigenvalue weighted by molar-refractivity contribution is -0.147. The first-order valence-electron chi connectivity index (χ1n) is 5.76. The number of aliphatic carboxylic acids is 1. The van der Waals surface area contributed by atoms with Gasteiger partial charge in [-0.3, -0.25) is 4.79 Å². The van der Waals surface area contributed by atoms with Gasteiger partial charge in [0.05, 0.1) is 11.4 Å². The number of nitrogens with zero attached hydrogens (tertiary/aromatic N) is 2. The average molecular weight is 327 g/mol. The van der Waals surface area contributed by atoms with Crippen molar-refractivity contribution in [3.8, 4) is 0 Å². The van der Waals surface area contributed by atoms with Gasteiger partial charge < -0.3 is 14.9 Å². The summed E-state index contributed by atoms with van der Waals surface area (Å²) in [6.45, 7) is 3.32. The van der Waals surface area contributed by atoms with Crippen LogP contribution < -0.4 is 9.80 Å². The lowest BCUT2D eigenvalue weighted by atomic mass is 9.92. The summed E-state index contributed by atoms with van der Waals surface area (Å²) in [5.74, 6) is -1.60. The number of likely N-dealkylation sites (N-methyl/N-ethyl adjacent to an activating group) is 2. The van der Waals surface area contributed by atoms with E-state index < -0.39 is 17.4 Å². The van der Waals surface area contributed by atoms with Crippen molar-refractivity contribution < 1.29 is 14.7 Å². The smallest absolute Gasteiger partial charge is 0.339 e. The van der Waals surface area contributed by atoms with Gasteiger partial charge in [0.1, 0.15) is 0 Å². The number of hydrogen-bond acceptors (Lipinski definition) is 3. The predicted octanol–water partition coefficient (Wildman–Crippen LogP) is 2.01. The van der Waals surface area contributed by atoms with Crippen LogP contribution in [0.4, 0.5) is 11.4 Å². The number of carbonyl (C=O) groups is 2. The molecular weight excluding hydrogens is 312 g/mol. The highest BCUT2D eigenvalue weighted by Gasteiger charge is 2.51. The number of rotatable bonds is 1. The van der Waals surface area contributed by atoms with Crippen molar-refractivity contribution in [3.05, 3.63) is 22.2 Å². The Morgan fingerprint density at radius 1 is 1.37 bits per heavy atom. The van der Waals surface area contributed by atoms with Gasteiger partial charge in [-0.15, -0.1) is 0 Å². The van der Waals surface area contributed by atoms with Crippen LogP contribution in [-0.4, -0.2) is 36.6 Å². The van der Waals surface area contributed by atoms with E-state index in [0.717, 1.165) is 21.4 Å². The summed E-state index contributed by atoms with van der Waals surface area (Å²) in [4.78, 5) is 26.9. The standard InChI is InChI=1S/C13H15BrN2O3/c1-7-5-8(14)6-9-10(7)15(3)11(17)13(2,12(18)19)16(9)4/h5-6H,1-4H3,(H,18,19). The van der Waals surface area contributed by atoms with Gasteiger partial charge in [-0.05, 0) is 31.5 Å². The van der Waals surface area contributed by atoms with E-state index in [4.69, 9.17) is 0 Å². The number of anilines is 2. The fourth-order valence-electron chi connectivity index (χ4n) is 2.46. The van der Waals surface area contributed by atoms with Crippen LogP contribution in [0, 0.1) is 6.92 Å². The molecule has 2 rings (SSSR count). The van der Waals surface area contributed by atoms with Crippen molar-refractivity contribution in [2.75, 3.05) is 23.9 Å². The number of fused-ring (bicyclic) bond motifs is 1. The van der Waals surface area contributed by atoms with E-state index in [1.54, 1.807) is 14.1 Å². The van der Waals surface area contributed by atoms with Gasteiger partial charge in [-0.25, -0.2) is 4.79 Å². The minimum absolute atomic E-state index is 0.444. The first-order chi connectivity index (χ1) is 8.71. The first-order valence-corrected chi connectivity index (χ1v) is 6.56. The Bertz CT molecular complexity index is 587. The molecule has 0 bridgehead atoms. The second-order valence-corrected chi connectivity index (χ2v) is 5.81. The monoisotopic (exact) mass is 326 g/mol. The Kier molecular flexibility index (Phi) is 3.09. The molecule has 19 heavy (non-hydrogen) atoms. The molecule has 102 valence electrons. The van der Waals surface area contributed by atoms with E-state index in [-0.39, 0.29) is 0 Å². The van der Waals surface area contributed by atoms with Crippen molar-refractivity contribution in [2.24, 2.45) is 0 Å². The largest absolute Gasteiger partial charge is 0.479 e. The van der Waals surface area contributed by atoms with Crippen molar-refractivity contribution in [2.45, 2.75) is 19.4 Å². The Balaban J connectivity index is 2.76. The summed E-state index contributed by atoms with van der Waals surface area (Å²) in [6, 6.07) is 3.73. The zero-order valence-corrected chi connectivity index (χ0v) is 12.8. The Morgan fingerprint density at radius 2 is 1.95 bits per heavy atom. The molecule has 1 heterocycles. The van der Waals surface area contributed by atoms with Crippen molar-refractivity contribution in [1.82, 2.24) is 0 Å². The summed E-state index contributed by atoms with van der Waals surface area (Å²) >= 11 is 3.40. The van der Waals surface area contributed by atoms with Crippen LogP contribution in [0.3, 0.4) is 0 Å². The summed E-state index contributed by atoms with van der Waals surface area (Å²) in [5, 5.41) is 9.42. The molecule has 1 amide bonds. The topological polar surface area (TPSA) is 60.9 Å². The number of aryl methyl sites for hydroxylation is 1. The van der Waals surface area contributed by atoms with E-state index in [9.17, 15) is 14.7 Å². The number of benzene rings is 1. The van der Waals surface area contributed by atoms with Crippen LogP contribution in [0.5, 0.6) is 0 Å². The number of halogens is 1. The van der Waals surface area contributed by atoms with E-state index in [1.807, 2.05) is 19.1 Å². The van der Waals surface area contributed by atoms with Crippen LogP contribution in [0.15, 0.2) is 16.6 Å². The third-order valence-corrected chi connectivity index (χ3v) is 4.21. The summed E-state index contributed by atoms with van der Waals surface area (Å²) < 4.78 is 0.853. The molecule has 1 N–H and O–H groups in total. The van der Waals surface area contributed by atoms with E-state index in [0.29, 0.717) is 0 Å². The maximum Gasteiger partial charge on any atom is 0.339 e. The average Bonchev–Trinajstić information content (AvgIpc) is 2.32. The molecule has 1 aromatic carbocycles. The van der Waals surface area contributed by atoms with Crippen LogP contribution in [0.1, 0.15) is 12.5 Å². The van der Waals surface area contributed by atoms with Crippen LogP contribution in [-0.2, 0) is 9.59 Å². The lowest BCUT2D eigenvalue weighted by Gasteiger charge is -2.44. The molecule has 0 aromatic heterocycles. The molecule has 1 aromatic rings. The Labute approximate surface area is 119 Å². The van der Waals surface area contributed by atoms with Gasteiger partial charge in [0.2, 0.25) is 5.54 Å². The highest BCUT2D eigenvalue weighted by atomic mass is 79.9. The van der Waals surface area contributed by atoms with Gasteiger partial charge in [0, 0.05) is 18.6 Å². The van der Waals surface area contributed by atoms with Gasteiger partial charge in [0.15, 0.2) is 0 Å². The number of hydrogen-bond donors (Lipinski definition) is 1. The van der Waals surface area contributed by atoms with Crippen LogP contribution in [0.25, 0.3) is 0 Å². The minimum Gasteiger partial charge on any atom is -0.479 e. The second kappa shape index (κ2) is 4.23. The fourth-order valence-corrected chi connectivity index (χ4v) is 3.02. The molecule has 0 spiro atoms. The first kappa shape index (κ1) is 13.9. The number of carboxylic acids is 1. The summed E-state index contributed by atoms with van der Waals surface area (Å²) in [6.07, 6.45) is 0. The highest BCUT2D eigenvalue weighted by molar-refractivity contribution is 9.10.